The number of esters is 1. The number of methoxy groups -OCH3 is 1. The molecule has 0 spiro atoms. The molecule has 3 heterocycles. The zero-order valence-electron chi connectivity index (χ0n) is 20.3. The summed E-state index contributed by atoms with van der Waals surface area (Å²) in [5.74, 6) is -5.10. The SMILES string of the molecule is COC1[C@@H](Sc2cnc(C#N)c(Cl)c2)OC(COC(C)=O)[C@H](C)[C@@H]1n1cc(-c2cc(F)c(F)c(F)c2)nn1. The third-order valence-electron chi connectivity index (χ3n) is 6.03. The molecule has 200 valence electrons. The topological polar surface area (TPSA) is 112 Å². The molecule has 0 saturated carbocycles. The van der Waals surface area contributed by atoms with Crippen molar-refractivity contribution in [1.29, 1.82) is 5.26 Å². The van der Waals surface area contributed by atoms with E-state index >= 15 is 0 Å². The average molecular weight is 568 g/mol. The summed E-state index contributed by atoms with van der Waals surface area (Å²) in [7, 11) is 1.49. The van der Waals surface area contributed by atoms with Crippen molar-refractivity contribution in [3.05, 3.63) is 58.8 Å². The Hall–Kier alpha value is -3.18. The average Bonchev–Trinajstić information content (AvgIpc) is 3.36. The second-order valence-electron chi connectivity index (χ2n) is 8.46. The van der Waals surface area contributed by atoms with E-state index in [1.807, 2.05) is 13.0 Å². The van der Waals surface area contributed by atoms with Crippen LogP contribution in [0.25, 0.3) is 11.3 Å². The van der Waals surface area contributed by atoms with E-state index in [0.29, 0.717) is 4.90 Å². The Balaban J connectivity index is 1.69. The second kappa shape index (κ2) is 11.7. The molecular weight excluding hydrogens is 547 g/mol. The van der Waals surface area contributed by atoms with Crippen LogP contribution in [0.5, 0.6) is 0 Å². The predicted octanol–water partition coefficient (Wildman–Crippen LogP) is 4.55. The molecule has 9 nitrogen and oxygen atoms in total. The van der Waals surface area contributed by atoms with Crippen molar-refractivity contribution in [1.82, 2.24) is 20.0 Å². The number of benzene rings is 1. The van der Waals surface area contributed by atoms with Crippen molar-refractivity contribution in [2.24, 2.45) is 5.92 Å². The van der Waals surface area contributed by atoms with Crippen LogP contribution in [0, 0.1) is 34.7 Å². The highest BCUT2D eigenvalue weighted by Gasteiger charge is 2.46. The van der Waals surface area contributed by atoms with E-state index < -0.39 is 47.1 Å². The molecule has 1 aliphatic heterocycles. The molecule has 1 aromatic carbocycles. The van der Waals surface area contributed by atoms with Gasteiger partial charge in [0.05, 0.1) is 23.4 Å². The number of nitrogens with zero attached hydrogens (tertiary/aromatic N) is 5. The second-order valence-corrected chi connectivity index (χ2v) is 10.0. The number of hydrogen-bond donors (Lipinski definition) is 0. The summed E-state index contributed by atoms with van der Waals surface area (Å²) in [5.41, 5.74) is -0.491. The maximum atomic E-state index is 13.8. The van der Waals surface area contributed by atoms with E-state index in [1.165, 1.54) is 42.9 Å². The Morgan fingerprint density at radius 3 is 2.61 bits per heavy atom. The third-order valence-corrected chi connectivity index (χ3v) is 7.43. The first-order valence-corrected chi connectivity index (χ1v) is 12.5. The van der Waals surface area contributed by atoms with Crippen LogP contribution in [0.15, 0.2) is 35.5 Å². The van der Waals surface area contributed by atoms with Crippen LogP contribution in [0.1, 0.15) is 25.6 Å². The van der Waals surface area contributed by atoms with Gasteiger partial charge < -0.3 is 14.2 Å². The van der Waals surface area contributed by atoms with Gasteiger partial charge in [0.25, 0.3) is 0 Å². The number of hydrogen-bond acceptors (Lipinski definition) is 9. The van der Waals surface area contributed by atoms with Crippen LogP contribution in [-0.2, 0) is 19.0 Å². The Labute approximate surface area is 224 Å². The molecule has 2 unspecified atom stereocenters. The van der Waals surface area contributed by atoms with Crippen molar-refractivity contribution in [3.8, 4) is 17.3 Å². The number of halogens is 4. The van der Waals surface area contributed by atoms with Crippen LogP contribution in [0.2, 0.25) is 5.02 Å². The highest BCUT2D eigenvalue weighted by molar-refractivity contribution is 7.99. The quantitative estimate of drug-likeness (QED) is 0.299. The van der Waals surface area contributed by atoms with Crippen molar-refractivity contribution >= 4 is 29.3 Å². The maximum absolute atomic E-state index is 13.8. The summed E-state index contributed by atoms with van der Waals surface area (Å²) >= 11 is 7.38. The number of nitriles is 1. The van der Waals surface area contributed by atoms with Gasteiger partial charge in [-0.05, 0) is 18.2 Å². The minimum Gasteiger partial charge on any atom is -0.463 e. The van der Waals surface area contributed by atoms with Crippen LogP contribution < -0.4 is 0 Å². The van der Waals surface area contributed by atoms with Gasteiger partial charge in [0.15, 0.2) is 23.1 Å². The minimum absolute atomic E-state index is 0.00187. The highest BCUT2D eigenvalue weighted by Crippen LogP contribution is 2.43. The summed E-state index contributed by atoms with van der Waals surface area (Å²) < 4.78 is 59.9. The van der Waals surface area contributed by atoms with E-state index in [4.69, 9.17) is 31.1 Å². The number of thioether (sulfide) groups is 1. The molecular formula is C24H21ClF3N5O4S. The third kappa shape index (κ3) is 5.78. The number of ether oxygens (including phenoxy) is 3. The largest absolute Gasteiger partial charge is 0.463 e. The van der Waals surface area contributed by atoms with Crippen LogP contribution >= 0.6 is 23.4 Å². The lowest BCUT2D eigenvalue weighted by molar-refractivity contribution is -0.171. The van der Waals surface area contributed by atoms with E-state index in [2.05, 4.69) is 15.3 Å². The first kappa shape index (κ1) is 27.8. The lowest BCUT2D eigenvalue weighted by atomic mass is 9.89. The number of aromatic nitrogens is 4. The molecule has 1 saturated heterocycles. The summed E-state index contributed by atoms with van der Waals surface area (Å²) in [6.45, 7) is 3.08. The van der Waals surface area contributed by atoms with Crippen molar-refractivity contribution < 1.29 is 32.2 Å². The first-order chi connectivity index (χ1) is 18.1. The van der Waals surface area contributed by atoms with Gasteiger partial charge in [0.1, 0.15) is 29.9 Å². The van der Waals surface area contributed by atoms with Gasteiger partial charge in [-0.25, -0.2) is 22.8 Å². The lowest BCUT2D eigenvalue weighted by Gasteiger charge is -2.44. The fourth-order valence-electron chi connectivity index (χ4n) is 4.14. The molecule has 0 aliphatic carbocycles. The fourth-order valence-corrected chi connectivity index (χ4v) is 5.59. The number of carbonyl (C=O) groups is 1. The molecule has 0 radical (unpaired) electrons. The molecule has 0 amide bonds. The van der Waals surface area contributed by atoms with E-state index in [-0.39, 0.29) is 34.5 Å². The van der Waals surface area contributed by atoms with Gasteiger partial charge in [-0.2, -0.15) is 5.26 Å². The molecule has 3 aromatic rings. The first-order valence-electron chi connectivity index (χ1n) is 11.2. The number of rotatable bonds is 7. The number of pyridine rings is 1. The van der Waals surface area contributed by atoms with Crippen molar-refractivity contribution in [2.45, 2.75) is 42.4 Å². The molecule has 1 fully saturated rings. The molecule has 0 N–H and O–H groups in total. The Bertz CT molecular complexity index is 1360. The van der Waals surface area contributed by atoms with Crippen LogP contribution in [-0.4, -0.2) is 57.3 Å². The van der Waals surface area contributed by atoms with Crippen molar-refractivity contribution in [2.75, 3.05) is 13.7 Å². The molecule has 1 aliphatic rings. The van der Waals surface area contributed by atoms with E-state index in [0.717, 1.165) is 12.1 Å². The molecule has 4 rings (SSSR count). The standard InChI is InChI=1S/C24H21ClF3N5O4S/c1-11-20(10-36-12(2)34)37-24(38-14-6-15(25)18(7-29)30-8-14)23(35-3)22(11)33-9-19(31-32-33)13-4-16(26)21(28)17(27)5-13/h4-6,8-9,11,20,22-24H,10H2,1-3H3/t11-,20?,22-,23?,24+/m0/s1. The van der Waals surface area contributed by atoms with Gasteiger partial charge in [-0.3, -0.25) is 4.79 Å². The Morgan fingerprint density at radius 2 is 2.00 bits per heavy atom. The minimum atomic E-state index is -1.58. The molecule has 38 heavy (non-hydrogen) atoms. The summed E-state index contributed by atoms with van der Waals surface area (Å²) in [6.07, 6.45) is 1.71. The molecule has 0 bridgehead atoms. The van der Waals surface area contributed by atoms with E-state index in [1.54, 1.807) is 6.07 Å². The van der Waals surface area contributed by atoms with Crippen LogP contribution in [0.3, 0.4) is 0 Å². The highest BCUT2D eigenvalue weighted by atomic mass is 35.5. The Morgan fingerprint density at radius 1 is 1.29 bits per heavy atom. The molecule has 2 aromatic heterocycles. The van der Waals surface area contributed by atoms with Gasteiger partial charge >= 0.3 is 5.97 Å². The number of carbonyl (C=O) groups excluding carboxylic acids is 1. The van der Waals surface area contributed by atoms with Crippen LogP contribution in [0.4, 0.5) is 13.2 Å². The normalized spacial score (nSPS) is 23.2. The summed E-state index contributed by atoms with van der Waals surface area (Å²) in [4.78, 5) is 16.1. The molecule has 14 heteroatoms. The monoisotopic (exact) mass is 567 g/mol. The smallest absolute Gasteiger partial charge is 0.302 e. The zero-order chi connectivity index (χ0) is 27.6. The van der Waals surface area contributed by atoms with E-state index in [9.17, 15) is 18.0 Å². The fraction of sp³-hybridized carbons (Fsp3) is 0.375. The van der Waals surface area contributed by atoms with Gasteiger partial charge in [0.2, 0.25) is 0 Å². The lowest BCUT2D eigenvalue weighted by Crippen LogP contribution is -2.52. The van der Waals surface area contributed by atoms with Crippen molar-refractivity contribution in [3.63, 3.8) is 0 Å². The molecule has 5 atom stereocenters. The predicted molar refractivity (Wildman–Crippen MR) is 129 cm³/mol. The zero-order valence-corrected chi connectivity index (χ0v) is 21.8. The van der Waals surface area contributed by atoms with Gasteiger partial charge in [0, 0.05) is 36.6 Å². The summed E-state index contributed by atoms with van der Waals surface area (Å²) in [5, 5.41) is 17.5. The summed E-state index contributed by atoms with van der Waals surface area (Å²) in [6, 6.07) is 4.60. The Kier molecular flexibility index (Phi) is 8.57. The maximum Gasteiger partial charge on any atom is 0.302 e. The van der Waals surface area contributed by atoms with Gasteiger partial charge in [-0.15, -0.1) is 5.10 Å². The van der Waals surface area contributed by atoms with Gasteiger partial charge in [-0.1, -0.05) is 35.5 Å².